The molecular weight excluding hydrogens is 404 g/mol. The van der Waals surface area contributed by atoms with Crippen molar-refractivity contribution in [1.82, 2.24) is 5.32 Å². The van der Waals surface area contributed by atoms with Crippen molar-refractivity contribution in [2.75, 3.05) is 30.3 Å². The Labute approximate surface area is 178 Å². The van der Waals surface area contributed by atoms with Crippen LogP contribution in [0.4, 0.5) is 5.69 Å². The second kappa shape index (κ2) is 9.38. The minimum Gasteiger partial charge on any atom is -0.492 e. The summed E-state index contributed by atoms with van der Waals surface area (Å²) < 4.78 is 37.1. The van der Waals surface area contributed by atoms with Gasteiger partial charge in [0.2, 0.25) is 10.0 Å². The van der Waals surface area contributed by atoms with Gasteiger partial charge in [0, 0.05) is 0 Å². The fourth-order valence-electron chi connectivity index (χ4n) is 3.31. The third kappa shape index (κ3) is 5.44. The normalized spacial score (nSPS) is 15.8. The average Bonchev–Trinajstić information content (AvgIpc) is 2.71. The molecule has 0 bridgehead atoms. The van der Waals surface area contributed by atoms with Gasteiger partial charge in [-0.1, -0.05) is 31.5 Å². The van der Waals surface area contributed by atoms with Crippen LogP contribution in [-0.4, -0.2) is 46.4 Å². The summed E-state index contributed by atoms with van der Waals surface area (Å²) in [6.07, 6.45) is 2.32. The minimum atomic E-state index is -3.54. The summed E-state index contributed by atoms with van der Waals surface area (Å²) >= 11 is 0. The van der Waals surface area contributed by atoms with Gasteiger partial charge >= 0.3 is 0 Å². The van der Waals surface area contributed by atoms with Crippen LogP contribution in [-0.2, 0) is 21.2 Å². The van der Waals surface area contributed by atoms with Crippen LogP contribution in [0.15, 0.2) is 42.5 Å². The van der Waals surface area contributed by atoms with E-state index in [0.29, 0.717) is 18.0 Å². The van der Waals surface area contributed by atoms with Gasteiger partial charge in [-0.2, -0.15) is 0 Å². The molecule has 2 aromatic carbocycles. The number of hydrogen-bond donors (Lipinski definition) is 1. The van der Waals surface area contributed by atoms with Crippen molar-refractivity contribution >= 4 is 21.6 Å². The number of anilines is 1. The lowest BCUT2D eigenvalue weighted by Gasteiger charge is -2.34. The molecule has 2 aromatic rings. The van der Waals surface area contributed by atoms with Gasteiger partial charge in [0.05, 0.1) is 25.0 Å². The van der Waals surface area contributed by atoms with E-state index in [1.54, 1.807) is 12.1 Å². The molecule has 7 nitrogen and oxygen atoms in total. The number of carbonyl (C=O) groups is 1. The Hall–Kier alpha value is -2.74. The summed E-state index contributed by atoms with van der Waals surface area (Å²) in [5.41, 5.74) is 2.63. The number of ether oxygens (including phenoxy) is 2. The molecule has 8 heteroatoms. The number of fused-ring (bicyclic) bond motifs is 1. The molecule has 0 fully saturated rings. The number of hydrogen-bond acceptors (Lipinski definition) is 5. The fourth-order valence-corrected chi connectivity index (χ4v) is 4.22. The first-order valence-electron chi connectivity index (χ1n) is 10.0. The molecule has 0 radical (unpaired) electrons. The number of rotatable bonds is 8. The van der Waals surface area contributed by atoms with Gasteiger partial charge in [-0.25, -0.2) is 8.42 Å². The Kier molecular flexibility index (Phi) is 6.87. The van der Waals surface area contributed by atoms with E-state index in [4.69, 9.17) is 9.47 Å². The Morgan fingerprint density at radius 3 is 2.63 bits per heavy atom. The van der Waals surface area contributed by atoms with Crippen molar-refractivity contribution < 1.29 is 22.7 Å². The Bertz CT molecular complexity index is 989. The van der Waals surface area contributed by atoms with Crippen molar-refractivity contribution in [3.05, 3.63) is 53.6 Å². The third-order valence-electron chi connectivity index (χ3n) is 4.81. The average molecular weight is 433 g/mol. The summed E-state index contributed by atoms with van der Waals surface area (Å²) in [5.74, 6) is 0.739. The van der Waals surface area contributed by atoms with E-state index >= 15 is 0 Å². The van der Waals surface area contributed by atoms with E-state index in [-0.39, 0.29) is 19.0 Å². The van der Waals surface area contributed by atoms with Crippen molar-refractivity contribution in [1.29, 1.82) is 0 Å². The second-order valence-electron chi connectivity index (χ2n) is 7.41. The zero-order chi connectivity index (χ0) is 21.7. The molecule has 0 aliphatic carbocycles. The number of amides is 1. The third-order valence-corrected chi connectivity index (χ3v) is 5.96. The first kappa shape index (κ1) is 22.0. The molecule has 1 N–H and O–H groups in total. The summed E-state index contributed by atoms with van der Waals surface area (Å²) in [4.78, 5) is 12.6. The number of sulfonamides is 1. The van der Waals surface area contributed by atoms with Crippen LogP contribution >= 0.6 is 0 Å². The smallest absolute Gasteiger partial charge is 0.263 e. The van der Waals surface area contributed by atoms with Gasteiger partial charge in [-0.05, 0) is 48.7 Å². The molecule has 30 heavy (non-hydrogen) atoms. The van der Waals surface area contributed by atoms with Crippen LogP contribution in [0.25, 0.3) is 0 Å². The molecule has 1 amide bonds. The molecule has 0 saturated heterocycles. The van der Waals surface area contributed by atoms with Crippen LogP contribution in [0.3, 0.4) is 0 Å². The molecule has 0 spiro atoms. The Morgan fingerprint density at radius 2 is 1.97 bits per heavy atom. The van der Waals surface area contributed by atoms with E-state index < -0.39 is 16.1 Å². The highest BCUT2D eigenvalue weighted by Gasteiger charge is 2.34. The second-order valence-corrected chi connectivity index (χ2v) is 9.31. The van der Waals surface area contributed by atoms with Gasteiger partial charge in [-0.3, -0.25) is 9.10 Å². The van der Waals surface area contributed by atoms with Crippen molar-refractivity contribution in [3.63, 3.8) is 0 Å². The Balaban J connectivity index is 1.56. The zero-order valence-electron chi connectivity index (χ0n) is 17.6. The maximum Gasteiger partial charge on any atom is 0.263 e. The molecule has 0 saturated carbocycles. The Morgan fingerprint density at radius 1 is 1.23 bits per heavy atom. The van der Waals surface area contributed by atoms with Crippen LogP contribution < -0.4 is 19.1 Å². The molecule has 1 atom stereocenters. The lowest BCUT2D eigenvalue weighted by atomic mass is 10.1. The van der Waals surface area contributed by atoms with Crippen LogP contribution in [0.2, 0.25) is 0 Å². The van der Waals surface area contributed by atoms with E-state index in [2.05, 4.69) is 12.2 Å². The van der Waals surface area contributed by atoms with Crippen molar-refractivity contribution in [2.24, 2.45) is 0 Å². The van der Waals surface area contributed by atoms with Gasteiger partial charge in [0.1, 0.15) is 18.1 Å². The van der Waals surface area contributed by atoms with Crippen molar-refractivity contribution in [2.45, 2.75) is 32.8 Å². The molecule has 1 aliphatic heterocycles. The summed E-state index contributed by atoms with van der Waals surface area (Å²) in [7, 11) is -3.54. The number of nitrogens with zero attached hydrogens (tertiary/aromatic N) is 1. The van der Waals surface area contributed by atoms with Crippen LogP contribution in [0, 0.1) is 6.92 Å². The topological polar surface area (TPSA) is 84.9 Å². The molecular formula is C22H28N2O5S. The van der Waals surface area contributed by atoms with Crippen molar-refractivity contribution in [3.8, 4) is 11.5 Å². The standard InChI is InChI=1S/C22H28N2O5S/c1-4-5-17-7-9-18(10-8-17)28-13-12-23-22(25)21-15-24(30(3,26)27)19-14-16(2)6-11-20(19)29-21/h6-11,14,21H,4-5,12-13,15H2,1-3H3,(H,23,25)/t21-/m0/s1. The van der Waals surface area contributed by atoms with Crippen LogP contribution in [0.1, 0.15) is 24.5 Å². The minimum absolute atomic E-state index is 0.0686. The summed E-state index contributed by atoms with van der Waals surface area (Å²) in [6, 6.07) is 13.1. The molecule has 1 heterocycles. The van der Waals surface area contributed by atoms with Crippen LogP contribution in [0.5, 0.6) is 11.5 Å². The maximum atomic E-state index is 12.6. The largest absolute Gasteiger partial charge is 0.492 e. The number of benzene rings is 2. The number of carbonyl (C=O) groups excluding carboxylic acids is 1. The van der Waals surface area contributed by atoms with E-state index in [0.717, 1.165) is 30.4 Å². The lowest BCUT2D eigenvalue weighted by molar-refractivity contribution is -0.127. The quantitative estimate of drug-likeness (QED) is 0.649. The summed E-state index contributed by atoms with van der Waals surface area (Å²) in [6.45, 7) is 4.53. The first-order valence-corrected chi connectivity index (χ1v) is 11.9. The molecule has 3 rings (SSSR count). The van der Waals surface area contributed by atoms with E-state index in [1.165, 1.54) is 9.87 Å². The van der Waals surface area contributed by atoms with E-state index in [1.807, 2.05) is 37.3 Å². The molecule has 0 aromatic heterocycles. The van der Waals surface area contributed by atoms with Gasteiger partial charge in [0.25, 0.3) is 5.91 Å². The highest BCUT2D eigenvalue weighted by Crippen LogP contribution is 2.35. The monoisotopic (exact) mass is 432 g/mol. The highest BCUT2D eigenvalue weighted by molar-refractivity contribution is 7.92. The van der Waals surface area contributed by atoms with Gasteiger partial charge < -0.3 is 14.8 Å². The predicted octanol–water partition coefficient (Wildman–Crippen LogP) is 2.67. The van der Waals surface area contributed by atoms with Gasteiger partial charge in [0.15, 0.2) is 6.10 Å². The lowest BCUT2D eigenvalue weighted by Crippen LogP contribution is -2.51. The van der Waals surface area contributed by atoms with Gasteiger partial charge in [-0.15, -0.1) is 0 Å². The summed E-state index contributed by atoms with van der Waals surface area (Å²) in [5, 5.41) is 2.76. The highest BCUT2D eigenvalue weighted by atomic mass is 32.2. The number of aryl methyl sites for hydroxylation is 2. The molecule has 1 aliphatic rings. The maximum absolute atomic E-state index is 12.6. The van der Waals surface area contributed by atoms with E-state index in [9.17, 15) is 13.2 Å². The molecule has 0 unspecified atom stereocenters. The zero-order valence-corrected chi connectivity index (χ0v) is 18.4. The molecule has 162 valence electrons. The number of nitrogens with one attached hydrogen (secondary N) is 1. The predicted molar refractivity (Wildman–Crippen MR) is 117 cm³/mol. The first-order chi connectivity index (χ1) is 14.3. The fraction of sp³-hybridized carbons (Fsp3) is 0.409. The SMILES string of the molecule is CCCc1ccc(OCCNC(=O)[C@@H]2CN(S(C)(=O)=O)c3cc(C)ccc3O2)cc1.